The summed E-state index contributed by atoms with van der Waals surface area (Å²) in [5.74, 6) is 0.0579. The predicted octanol–water partition coefficient (Wildman–Crippen LogP) is 3.32. The van der Waals surface area contributed by atoms with Gasteiger partial charge in [0.2, 0.25) is 5.88 Å². The number of aromatic nitrogens is 2. The molecule has 0 spiro atoms. The van der Waals surface area contributed by atoms with Crippen LogP contribution in [0.25, 0.3) is 0 Å². The number of anilines is 1. The predicted molar refractivity (Wildman–Crippen MR) is 107 cm³/mol. The van der Waals surface area contributed by atoms with Gasteiger partial charge in [0.05, 0.1) is 18.4 Å². The van der Waals surface area contributed by atoms with Crippen LogP contribution in [0.4, 0.5) is 15.0 Å². The van der Waals surface area contributed by atoms with E-state index in [4.69, 9.17) is 11.6 Å². The molecule has 0 unspecified atom stereocenters. The maximum absolute atomic E-state index is 14.0. The van der Waals surface area contributed by atoms with Crippen molar-refractivity contribution in [3.8, 4) is 5.88 Å². The van der Waals surface area contributed by atoms with Gasteiger partial charge in [0.1, 0.15) is 5.82 Å². The highest BCUT2D eigenvalue weighted by Gasteiger charge is 2.39. The van der Waals surface area contributed by atoms with Crippen molar-refractivity contribution in [1.82, 2.24) is 20.2 Å². The Morgan fingerprint density at radius 3 is 2.86 bits per heavy atom. The van der Waals surface area contributed by atoms with Crippen LogP contribution in [-0.2, 0) is 6.54 Å². The number of halogens is 2. The van der Waals surface area contributed by atoms with Gasteiger partial charge < -0.3 is 20.2 Å². The van der Waals surface area contributed by atoms with Crippen LogP contribution in [0.1, 0.15) is 31.2 Å². The second-order valence-electron chi connectivity index (χ2n) is 7.51. The van der Waals surface area contributed by atoms with Gasteiger partial charge in [0.15, 0.2) is 5.82 Å². The number of carbonyl (C=O) groups excluding carboxylic acids is 1. The number of amides is 2. The first-order valence-corrected chi connectivity index (χ1v) is 10.1. The standard InChI is InChI=1S/C20H23ClFN5O2/c21-14-4-3-13(17(22)8-14)9-24-20(29)27(15-5-6-15)16-2-1-7-26(12-16)18-10-23-11-19(28)25-18/h3-4,8,10-11,15-16H,1-2,5-7,9,12H2,(H,24,29)(H,25,28)/t16-/m1/s1. The Kier molecular flexibility index (Phi) is 5.71. The van der Waals surface area contributed by atoms with Crippen molar-refractivity contribution in [1.29, 1.82) is 0 Å². The monoisotopic (exact) mass is 419 g/mol. The van der Waals surface area contributed by atoms with Crippen molar-refractivity contribution in [3.05, 3.63) is 47.0 Å². The molecule has 1 aromatic heterocycles. The lowest BCUT2D eigenvalue weighted by molar-refractivity contribution is 0.160. The molecular formula is C20H23ClFN5O2. The zero-order chi connectivity index (χ0) is 20.4. The van der Waals surface area contributed by atoms with Crippen molar-refractivity contribution in [2.24, 2.45) is 0 Å². The molecule has 0 bridgehead atoms. The van der Waals surface area contributed by atoms with Gasteiger partial charge in [-0.2, -0.15) is 4.98 Å². The molecular weight excluding hydrogens is 397 g/mol. The summed E-state index contributed by atoms with van der Waals surface area (Å²) in [4.78, 5) is 25.0. The maximum Gasteiger partial charge on any atom is 0.318 e. The quantitative estimate of drug-likeness (QED) is 0.777. The van der Waals surface area contributed by atoms with Crippen LogP contribution in [0.5, 0.6) is 5.88 Å². The van der Waals surface area contributed by atoms with E-state index in [2.05, 4.69) is 15.3 Å². The molecule has 4 rings (SSSR count). The fourth-order valence-electron chi connectivity index (χ4n) is 3.80. The van der Waals surface area contributed by atoms with Gasteiger partial charge in [-0.1, -0.05) is 17.7 Å². The fourth-order valence-corrected chi connectivity index (χ4v) is 3.96. The van der Waals surface area contributed by atoms with E-state index in [0.717, 1.165) is 32.2 Å². The Morgan fingerprint density at radius 2 is 2.14 bits per heavy atom. The lowest BCUT2D eigenvalue weighted by atomic mass is 10.0. The van der Waals surface area contributed by atoms with Crippen LogP contribution in [-0.4, -0.2) is 51.2 Å². The van der Waals surface area contributed by atoms with E-state index >= 15 is 0 Å². The molecule has 2 amide bonds. The van der Waals surface area contributed by atoms with Crippen molar-refractivity contribution in [2.45, 2.75) is 44.3 Å². The molecule has 29 heavy (non-hydrogen) atoms. The molecule has 154 valence electrons. The number of urea groups is 1. The summed E-state index contributed by atoms with van der Waals surface area (Å²) < 4.78 is 14.0. The van der Waals surface area contributed by atoms with E-state index in [1.54, 1.807) is 18.3 Å². The molecule has 7 nitrogen and oxygen atoms in total. The molecule has 2 heterocycles. The number of nitrogens with one attached hydrogen (secondary N) is 1. The van der Waals surface area contributed by atoms with Crippen LogP contribution < -0.4 is 10.2 Å². The molecule has 2 fully saturated rings. The Hall–Kier alpha value is -2.61. The van der Waals surface area contributed by atoms with E-state index in [0.29, 0.717) is 22.9 Å². The molecule has 1 atom stereocenters. The summed E-state index contributed by atoms with van der Waals surface area (Å²) in [6.45, 7) is 1.53. The van der Waals surface area contributed by atoms with Gasteiger partial charge in [-0.25, -0.2) is 9.18 Å². The Balaban J connectivity index is 1.43. The second-order valence-corrected chi connectivity index (χ2v) is 7.95. The van der Waals surface area contributed by atoms with Gasteiger partial charge in [-0.3, -0.25) is 4.98 Å². The number of benzene rings is 1. The van der Waals surface area contributed by atoms with Crippen LogP contribution in [0.2, 0.25) is 5.02 Å². The van der Waals surface area contributed by atoms with Crippen molar-refractivity contribution < 1.29 is 14.3 Å². The van der Waals surface area contributed by atoms with Crippen LogP contribution in [0.15, 0.2) is 30.6 Å². The lowest BCUT2D eigenvalue weighted by Gasteiger charge is -2.40. The lowest BCUT2D eigenvalue weighted by Crippen LogP contribution is -2.54. The second kappa shape index (κ2) is 8.41. The van der Waals surface area contributed by atoms with Crippen molar-refractivity contribution in [2.75, 3.05) is 18.0 Å². The molecule has 9 heteroatoms. The van der Waals surface area contributed by atoms with Gasteiger partial charge in [-0.15, -0.1) is 0 Å². The molecule has 1 aliphatic carbocycles. The summed E-state index contributed by atoms with van der Waals surface area (Å²) in [5, 5.41) is 12.8. The number of hydrogen-bond donors (Lipinski definition) is 2. The maximum atomic E-state index is 14.0. The molecule has 0 radical (unpaired) electrons. The molecule has 1 saturated heterocycles. The number of aromatic hydroxyl groups is 1. The van der Waals surface area contributed by atoms with Crippen LogP contribution in [0, 0.1) is 5.82 Å². The van der Waals surface area contributed by atoms with E-state index in [9.17, 15) is 14.3 Å². The zero-order valence-corrected chi connectivity index (χ0v) is 16.6. The van der Waals surface area contributed by atoms with Gasteiger partial charge in [-0.05, 0) is 37.8 Å². The molecule has 2 aliphatic rings. The van der Waals surface area contributed by atoms with E-state index in [1.807, 2.05) is 9.80 Å². The zero-order valence-electron chi connectivity index (χ0n) is 15.9. The first kappa shape index (κ1) is 19.7. The molecule has 1 aromatic carbocycles. The normalized spacial score (nSPS) is 19.1. The Morgan fingerprint density at radius 1 is 1.31 bits per heavy atom. The van der Waals surface area contributed by atoms with Crippen LogP contribution >= 0.6 is 11.6 Å². The highest BCUT2D eigenvalue weighted by atomic mass is 35.5. The molecule has 2 aromatic rings. The third kappa shape index (κ3) is 4.70. The van der Waals surface area contributed by atoms with Crippen molar-refractivity contribution in [3.63, 3.8) is 0 Å². The summed E-state index contributed by atoms with van der Waals surface area (Å²) >= 11 is 5.79. The van der Waals surface area contributed by atoms with Gasteiger partial charge in [0, 0.05) is 36.3 Å². The number of rotatable bonds is 5. The third-order valence-electron chi connectivity index (χ3n) is 5.34. The van der Waals surface area contributed by atoms with Gasteiger partial charge in [0.25, 0.3) is 0 Å². The molecule has 2 N–H and O–H groups in total. The number of carbonyl (C=O) groups is 1. The summed E-state index contributed by atoms with van der Waals surface area (Å²) in [6.07, 6.45) is 6.67. The number of hydrogen-bond acceptors (Lipinski definition) is 5. The topological polar surface area (TPSA) is 81.6 Å². The Bertz CT molecular complexity index is 895. The number of piperidine rings is 1. The molecule has 1 aliphatic heterocycles. The summed E-state index contributed by atoms with van der Waals surface area (Å²) in [7, 11) is 0. The highest BCUT2D eigenvalue weighted by Crippen LogP contribution is 2.32. The average molecular weight is 420 g/mol. The SMILES string of the molecule is O=C(NCc1ccc(Cl)cc1F)N(C1CC1)[C@@H]1CCCN(c2cncc(O)n2)C1. The number of nitrogens with zero attached hydrogens (tertiary/aromatic N) is 4. The fraction of sp³-hybridized carbons (Fsp3) is 0.450. The highest BCUT2D eigenvalue weighted by molar-refractivity contribution is 6.30. The van der Waals surface area contributed by atoms with Crippen LogP contribution in [0.3, 0.4) is 0 Å². The minimum absolute atomic E-state index is 0.0236. The third-order valence-corrected chi connectivity index (χ3v) is 5.58. The first-order valence-electron chi connectivity index (χ1n) is 9.77. The van der Waals surface area contributed by atoms with E-state index in [-0.39, 0.29) is 30.5 Å². The van der Waals surface area contributed by atoms with E-state index in [1.165, 1.54) is 12.3 Å². The van der Waals surface area contributed by atoms with Gasteiger partial charge >= 0.3 is 6.03 Å². The van der Waals surface area contributed by atoms with Crippen molar-refractivity contribution >= 4 is 23.4 Å². The smallest absolute Gasteiger partial charge is 0.318 e. The average Bonchev–Trinajstić information content (AvgIpc) is 3.53. The largest absolute Gasteiger partial charge is 0.492 e. The van der Waals surface area contributed by atoms with E-state index < -0.39 is 5.82 Å². The summed E-state index contributed by atoms with van der Waals surface area (Å²) in [6, 6.07) is 4.50. The first-order chi connectivity index (χ1) is 14.0. The minimum Gasteiger partial charge on any atom is -0.492 e. The summed E-state index contributed by atoms with van der Waals surface area (Å²) in [5.41, 5.74) is 0.402. The minimum atomic E-state index is -0.429. The Labute approximate surface area is 173 Å². The molecule has 1 saturated carbocycles.